The van der Waals surface area contributed by atoms with Gasteiger partial charge in [0.1, 0.15) is 0 Å². The number of hydrogen-bond donors (Lipinski definition) is 0. The average Bonchev–Trinajstić information content (AvgIpc) is 2.35. The first-order chi connectivity index (χ1) is 8.56. The number of carbonyl (C=O) groups excluding carboxylic acids is 1. The molecule has 1 aliphatic heterocycles. The van der Waals surface area contributed by atoms with Crippen LogP contribution in [0.5, 0.6) is 0 Å². The van der Waals surface area contributed by atoms with E-state index in [0.29, 0.717) is 22.7 Å². The van der Waals surface area contributed by atoms with Gasteiger partial charge < -0.3 is 0 Å². The summed E-state index contributed by atoms with van der Waals surface area (Å²) in [7, 11) is 0. The lowest BCUT2D eigenvalue weighted by atomic mass is 10.1. The van der Waals surface area contributed by atoms with Crippen molar-refractivity contribution in [3.63, 3.8) is 0 Å². The van der Waals surface area contributed by atoms with Crippen molar-refractivity contribution in [2.75, 3.05) is 5.75 Å². The average molecular weight is 392 g/mol. The first kappa shape index (κ1) is 14.7. The summed E-state index contributed by atoms with van der Waals surface area (Å²) in [6.07, 6.45) is 0.580. The first-order valence-corrected chi connectivity index (χ1v) is 9.17. The molecule has 1 heterocycles. The maximum absolute atomic E-state index is 12.3. The van der Waals surface area contributed by atoms with Crippen LogP contribution in [0.2, 0.25) is 0 Å². The van der Waals surface area contributed by atoms with Gasteiger partial charge in [0.25, 0.3) is 0 Å². The molecule has 1 nitrogen and oxygen atoms in total. The summed E-state index contributed by atoms with van der Waals surface area (Å²) < 4.78 is 1.22. The number of rotatable bonds is 3. The number of benzene rings is 1. The van der Waals surface area contributed by atoms with E-state index in [-0.39, 0.29) is 5.25 Å². The Kier molecular flexibility index (Phi) is 5.45. The third kappa shape index (κ3) is 3.90. The summed E-state index contributed by atoms with van der Waals surface area (Å²) in [6.45, 7) is 4.48. The zero-order chi connectivity index (χ0) is 13.1. The van der Waals surface area contributed by atoms with Crippen LogP contribution in [0.4, 0.5) is 0 Å². The highest BCUT2D eigenvalue weighted by Gasteiger charge is 2.29. The quantitative estimate of drug-likeness (QED) is 0.724. The van der Waals surface area contributed by atoms with Crippen molar-refractivity contribution in [2.24, 2.45) is 0 Å². The number of hydrogen-bond acceptors (Lipinski definition) is 3. The molecule has 4 heteroatoms. The maximum Gasteiger partial charge on any atom is 0.151 e. The van der Waals surface area contributed by atoms with Crippen molar-refractivity contribution in [3.8, 4) is 0 Å². The van der Waals surface area contributed by atoms with Crippen LogP contribution in [0.1, 0.15) is 19.4 Å². The molecular formula is C14H17IOS2. The summed E-state index contributed by atoms with van der Waals surface area (Å²) in [4.78, 5) is 12.3. The molecule has 0 spiro atoms. The second-order valence-corrected chi connectivity index (χ2v) is 8.88. The number of carbonyl (C=O) groups is 1. The molecule has 0 aromatic heterocycles. The summed E-state index contributed by atoms with van der Waals surface area (Å²) >= 11 is 6.07. The molecular weight excluding hydrogens is 375 g/mol. The second kappa shape index (κ2) is 6.66. The number of thioether (sulfide) groups is 2. The lowest BCUT2D eigenvalue weighted by Gasteiger charge is -2.30. The van der Waals surface area contributed by atoms with Crippen LogP contribution in [0, 0.1) is 3.57 Å². The maximum atomic E-state index is 12.3. The van der Waals surface area contributed by atoms with Gasteiger partial charge in [-0.25, -0.2) is 0 Å². The van der Waals surface area contributed by atoms with Crippen molar-refractivity contribution in [1.29, 1.82) is 0 Å². The predicted octanol–water partition coefficient (Wildman–Crippen LogP) is 4.03. The zero-order valence-electron chi connectivity index (χ0n) is 10.6. The van der Waals surface area contributed by atoms with Gasteiger partial charge in [-0.15, -0.1) is 11.8 Å². The third-order valence-corrected chi connectivity index (χ3v) is 7.36. The van der Waals surface area contributed by atoms with Gasteiger partial charge in [0.05, 0.1) is 5.25 Å². The van der Waals surface area contributed by atoms with E-state index in [4.69, 9.17) is 0 Å². The standard InChI is InChI=1S/C14H17IOS2/c1-9-10(2)18-14(8-17-9)13(16)7-11-3-5-12(15)6-4-11/h3-6,9-10,14H,7-8H2,1-2H3. The molecule has 1 aliphatic rings. The fourth-order valence-corrected chi connectivity index (χ4v) is 5.12. The molecule has 1 aromatic rings. The number of halogens is 1. The normalized spacial score (nSPS) is 28.1. The van der Waals surface area contributed by atoms with E-state index in [1.165, 1.54) is 3.57 Å². The van der Waals surface area contributed by atoms with E-state index in [0.717, 1.165) is 11.3 Å². The lowest BCUT2D eigenvalue weighted by Crippen LogP contribution is -2.32. The summed E-state index contributed by atoms with van der Waals surface area (Å²) in [5, 5.41) is 1.42. The first-order valence-electron chi connectivity index (χ1n) is 6.10. The lowest BCUT2D eigenvalue weighted by molar-refractivity contribution is -0.117. The topological polar surface area (TPSA) is 17.1 Å². The molecule has 0 bridgehead atoms. The van der Waals surface area contributed by atoms with E-state index in [9.17, 15) is 4.79 Å². The highest BCUT2D eigenvalue weighted by Crippen LogP contribution is 2.36. The minimum absolute atomic E-state index is 0.181. The number of ketones is 1. The molecule has 0 radical (unpaired) electrons. The van der Waals surface area contributed by atoms with Gasteiger partial charge in [-0.1, -0.05) is 26.0 Å². The number of Topliss-reactive ketones (excluding diaryl/α,β-unsaturated/α-hetero) is 1. The van der Waals surface area contributed by atoms with Crippen LogP contribution in [0.25, 0.3) is 0 Å². The van der Waals surface area contributed by atoms with Crippen molar-refractivity contribution in [1.82, 2.24) is 0 Å². The van der Waals surface area contributed by atoms with E-state index in [1.807, 2.05) is 23.5 Å². The second-order valence-electron chi connectivity index (χ2n) is 4.64. The molecule has 0 saturated carbocycles. The molecule has 1 fully saturated rings. The third-order valence-electron chi connectivity index (χ3n) is 3.20. The molecule has 1 saturated heterocycles. The fourth-order valence-electron chi connectivity index (χ4n) is 1.87. The Morgan fingerprint density at radius 1 is 1.28 bits per heavy atom. The van der Waals surface area contributed by atoms with Crippen LogP contribution in [-0.2, 0) is 11.2 Å². The van der Waals surface area contributed by atoms with Crippen LogP contribution in [0.15, 0.2) is 24.3 Å². The Morgan fingerprint density at radius 3 is 2.56 bits per heavy atom. The van der Waals surface area contributed by atoms with E-state index in [1.54, 1.807) is 0 Å². The Bertz CT molecular complexity index is 418. The van der Waals surface area contributed by atoms with E-state index in [2.05, 4.69) is 60.7 Å². The molecule has 3 unspecified atom stereocenters. The summed E-state index contributed by atoms with van der Waals surface area (Å²) in [5.74, 6) is 1.35. The summed E-state index contributed by atoms with van der Waals surface area (Å²) in [5.41, 5.74) is 1.14. The van der Waals surface area contributed by atoms with E-state index >= 15 is 0 Å². The molecule has 1 aromatic carbocycles. The van der Waals surface area contributed by atoms with Crippen molar-refractivity contribution in [3.05, 3.63) is 33.4 Å². The minimum atomic E-state index is 0.181. The van der Waals surface area contributed by atoms with Gasteiger partial charge in [-0.05, 0) is 40.3 Å². The Labute approximate surface area is 131 Å². The molecule has 3 atom stereocenters. The Hall–Kier alpha value is 0.320. The van der Waals surface area contributed by atoms with Gasteiger partial charge in [0.15, 0.2) is 5.78 Å². The van der Waals surface area contributed by atoms with Crippen LogP contribution < -0.4 is 0 Å². The van der Waals surface area contributed by atoms with Crippen molar-refractivity contribution >= 4 is 51.9 Å². The SMILES string of the molecule is CC1SCC(C(=O)Cc2ccc(I)cc2)SC1C. The monoisotopic (exact) mass is 392 g/mol. The summed E-state index contributed by atoms with van der Waals surface area (Å²) in [6, 6.07) is 8.26. The Balaban J connectivity index is 1.94. The van der Waals surface area contributed by atoms with Gasteiger partial charge in [0.2, 0.25) is 0 Å². The fraction of sp³-hybridized carbons (Fsp3) is 0.500. The largest absolute Gasteiger partial charge is 0.298 e. The minimum Gasteiger partial charge on any atom is -0.298 e. The molecule has 0 aliphatic carbocycles. The van der Waals surface area contributed by atoms with E-state index < -0.39 is 0 Å². The van der Waals surface area contributed by atoms with Gasteiger partial charge in [0, 0.05) is 26.2 Å². The molecule has 18 heavy (non-hydrogen) atoms. The van der Waals surface area contributed by atoms with Crippen LogP contribution >= 0.6 is 46.1 Å². The Morgan fingerprint density at radius 2 is 1.94 bits per heavy atom. The molecule has 98 valence electrons. The molecule has 0 N–H and O–H groups in total. The highest BCUT2D eigenvalue weighted by atomic mass is 127. The smallest absolute Gasteiger partial charge is 0.151 e. The van der Waals surface area contributed by atoms with Gasteiger partial charge in [-0.2, -0.15) is 11.8 Å². The van der Waals surface area contributed by atoms with Gasteiger partial charge in [-0.3, -0.25) is 4.79 Å². The van der Waals surface area contributed by atoms with Gasteiger partial charge >= 0.3 is 0 Å². The van der Waals surface area contributed by atoms with Crippen molar-refractivity contribution < 1.29 is 4.79 Å². The molecule has 0 amide bonds. The van der Waals surface area contributed by atoms with Crippen molar-refractivity contribution in [2.45, 2.75) is 36.0 Å². The highest BCUT2D eigenvalue weighted by molar-refractivity contribution is 14.1. The van der Waals surface area contributed by atoms with Crippen LogP contribution in [0.3, 0.4) is 0 Å². The molecule has 2 rings (SSSR count). The van der Waals surface area contributed by atoms with Crippen LogP contribution in [-0.4, -0.2) is 27.3 Å². The predicted molar refractivity (Wildman–Crippen MR) is 90.6 cm³/mol. The zero-order valence-corrected chi connectivity index (χ0v) is 14.3.